The summed E-state index contributed by atoms with van der Waals surface area (Å²) < 4.78 is 12.6. The number of carbonyl (C=O) groups excluding carboxylic acids is 3. The topological polar surface area (TPSA) is 134 Å². The molecule has 176 valence electrons. The van der Waals surface area contributed by atoms with E-state index in [1.807, 2.05) is 0 Å². The normalized spacial score (nSPS) is 11.9. The Morgan fingerprint density at radius 1 is 1.15 bits per heavy atom. The molecule has 0 aromatic carbocycles. The van der Waals surface area contributed by atoms with Gasteiger partial charge in [0.1, 0.15) is 27.1 Å². The number of nitrogens with one attached hydrogen (secondary N) is 1. The highest BCUT2D eigenvalue weighted by molar-refractivity contribution is 7.20. The minimum absolute atomic E-state index is 0.108. The average Bonchev–Trinajstić information content (AvgIpc) is 3.31. The molecule has 0 bridgehead atoms. The summed E-state index contributed by atoms with van der Waals surface area (Å²) in [4.78, 5) is 55.8. The smallest absolute Gasteiger partial charge is 0.348 e. The fourth-order valence-electron chi connectivity index (χ4n) is 3.40. The number of ether oxygens (including phenoxy) is 2. The maximum Gasteiger partial charge on any atom is 0.348 e. The third-order valence-electron chi connectivity index (χ3n) is 5.04. The van der Waals surface area contributed by atoms with Gasteiger partial charge in [-0.3, -0.25) is 18.8 Å². The van der Waals surface area contributed by atoms with E-state index in [9.17, 15) is 19.2 Å². The van der Waals surface area contributed by atoms with Crippen LogP contribution in [0.4, 0.5) is 5.82 Å². The summed E-state index contributed by atoms with van der Waals surface area (Å²) in [5.41, 5.74) is 0.130. The summed E-state index contributed by atoms with van der Waals surface area (Å²) in [5, 5.41) is 6.96. The average molecular weight is 476 g/mol. The van der Waals surface area contributed by atoms with E-state index in [1.165, 1.54) is 21.8 Å². The molecule has 0 aliphatic carbocycles. The second kappa shape index (κ2) is 9.94. The molecule has 1 unspecified atom stereocenters. The lowest BCUT2D eigenvalue weighted by molar-refractivity contribution is -0.119. The van der Waals surface area contributed by atoms with Gasteiger partial charge in [-0.2, -0.15) is 5.10 Å². The number of thiophene rings is 1. The van der Waals surface area contributed by atoms with Crippen LogP contribution in [0.3, 0.4) is 0 Å². The van der Waals surface area contributed by atoms with Gasteiger partial charge in [-0.05, 0) is 32.8 Å². The van der Waals surface area contributed by atoms with E-state index in [-0.39, 0.29) is 36.4 Å². The number of aromatic nitrogens is 4. The molecule has 0 aliphatic rings. The summed E-state index contributed by atoms with van der Waals surface area (Å²) in [6, 6.07) is -0.912. The van der Waals surface area contributed by atoms with Gasteiger partial charge < -0.3 is 14.8 Å². The van der Waals surface area contributed by atoms with Gasteiger partial charge in [0.15, 0.2) is 0 Å². The Hall–Kier alpha value is -3.54. The van der Waals surface area contributed by atoms with Crippen molar-refractivity contribution >= 4 is 45.2 Å². The number of nitrogens with zero attached hydrogens (tertiary/aromatic N) is 4. The molecule has 3 aromatic rings. The van der Waals surface area contributed by atoms with Crippen LogP contribution in [0, 0.1) is 6.92 Å². The summed E-state index contributed by atoms with van der Waals surface area (Å²) in [5.74, 6) is -1.49. The molecule has 0 radical (unpaired) electrons. The molecule has 12 heteroatoms. The number of fused-ring (bicyclic) bond motifs is 1. The van der Waals surface area contributed by atoms with Gasteiger partial charge in [0, 0.05) is 7.05 Å². The highest BCUT2D eigenvalue weighted by atomic mass is 32.1. The third-order valence-corrected chi connectivity index (χ3v) is 6.22. The van der Waals surface area contributed by atoms with Crippen molar-refractivity contribution in [1.29, 1.82) is 0 Å². The van der Waals surface area contributed by atoms with E-state index in [2.05, 4.69) is 15.4 Å². The Labute approximate surface area is 193 Å². The third kappa shape index (κ3) is 4.51. The largest absolute Gasteiger partial charge is 0.462 e. The van der Waals surface area contributed by atoms with E-state index < -0.39 is 29.4 Å². The van der Waals surface area contributed by atoms with Crippen LogP contribution in [0.2, 0.25) is 0 Å². The molecular formula is C21H25N5O6S. The first kappa shape index (κ1) is 24.1. The van der Waals surface area contributed by atoms with E-state index in [4.69, 9.17) is 9.47 Å². The number of amides is 1. The van der Waals surface area contributed by atoms with Gasteiger partial charge in [-0.1, -0.05) is 6.92 Å². The Morgan fingerprint density at radius 3 is 2.45 bits per heavy atom. The minimum atomic E-state index is -0.912. The number of rotatable bonds is 8. The van der Waals surface area contributed by atoms with Gasteiger partial charge in [-0.25, -0.2) is 14.6 Å². The molecule has 1 atom stereocenters. The zero-order chi connectivity index (χ0) is 24.3. The number of esters is 2. The lowest BCUT2D eigenvalue weighted by Gasteiger charge is -2.18. The molecule has 1 N–H and O–H groups in total. The first-order chi connectivity index (χ1) is 15.7. The summed E-state index contributed by atoms with van der Waals surface area (Å²) in [7, 11) is 1.57. The van der Waals surface area contributed by atoms with Crippen LogP contribution in [-0.4, -0.2) is 50.4 Å². The number of aryl methyl sites for hydroxylation is 2. The first-order valence-electron chi connectivity index (χ1n) is 10.4. The van der Waals surface area contributed by atoms with Crippen LogP contribution >= 0.6 is 11.3 Å². The Kier molecular flexibility index (Phi) is 7.26. The van der Waals surface area contributed by atoms with Gasteiger partial charge >= 0.3 is 11.9 Å². The van der Waals surface area contributed by atoms with E-state index in [0.717, 1.165) is 11.3 Å². The van der Waals surface area contributed by atoms with Crippen LogP contribution in [0.1, 0.15) is 58.8 Å². The maximum absolute atomic E-state index is 13.3. The molecule has 0 spiro atoms. The molecule has 0 saturated carbocycles. The zero-order valence-electron chi connectivity index (χ0n) is 19.0. The summed E-state index contributed by atoms with van der Waals surface area (Å²) in [6.07, 6.45) is 2.87. The molecule has 3 aromatic heterocycles. The zero-order valence-corrected chi connectivity index (χ0v) is 19.8. The number of anilines is 1. The fraction of sp³-hybridized carbons (Fsp3) is 0.429. The quantitative estimate of drug-likeness (QED) is 0.491. The predicted octanol–water partition coefficient (Wildman–Crippen LogP) is 2.44. The lowest BCUT2D eigenvalue weighted by atomic mass is 10.1. The fourth-order valence-corrected chi connectivity index (χ4v) is 4.44. The number of hydrogen-bond donors (Lipinski definition) is 1. The first-order valence-corrected chi connectivity index (χ1v) is 11.2. The molecular weight excluding hydrogens is 450 g/mol. The van der Waals surface area contributed by atoms with Crippen molar-refractivity contribution in [2.75, 3.05) is 18.5 Å². The van der Waals surface area contributed by atoms with Crippen LogP contribution in [-0.2, 0) is 21.3 Å². The second-order valence-corrected chi connectivity index (χ2v) is 8.08. The van der Waals surface area contributed by atoms with Crippen molar-refractivity contribution in [3.63, 3.8) is 0 Å². The van der Waals surface area contributed by atoms with Crippen molar-refractivity contribution in [1.82, 2.24) is 19.3 Å². The molecule has 11 nitrogen and oxygen atoms in total. The van der Waals surface area contributed by atoms with Crippen molar-refractivity contribution in [2.24, 2.45) is 7.05 Å². The Bertz CT molecular complexity index is 1270. The van der Waals surface area contributed by atoms with Gasteiger partial charge in [0.25, 0.3) is 5.56 Å². The number of carbonyl (C=O) groups is 3. The minimum Gasteiger partial charge on any atom is -0.462 e. The molecule has 3 heterocycles. The second-order valence-electron chi connectivity index (χ2n) is 7.08. The summed E-state index contributed by atoms with van der Waals surface area (Å²) >= 11 is 1.08. The predicted molar refractivity (Wildman–Crippen MR) is 122 cm³/mol. The van der Waals surface area contributed by atoms with E-state index >= 15 is 0 Å². The van der Waals surface area contributed by atoms with Gasteiger partial charge in [-0.15, -0.1) is 11.3 Å². The highest BCUT2D eigenvalue weighted by Gasteiger charge is 2.27. The Balaban J connectivity index is 1.98. The molecule has 0 saturated heterocycles. The SMILES string of the molecule is CCOC(=O)c1cnn(C)c1NC(=O)C(CC)n1cnc2sc(C(=O)OCC)c(C)c2c1=O. The van der Waals surface area contributed by atoms with Crippen LogP contribution in [0.5, 0.6) is 0 Å². The summed E-state index contributed by atoms with van der Waals surface area (Å²) in [6.45, 7) is 7.17. The van der Waals surface area contributed by atoms with Crippen molar-refractivity contribution in [3.05, 3.63) is 38.9 Å². The molecule has 33 heavy (non-hydrogen) atoms. The highest BCUT2D eigenvalue weighted by Crippen LogP contribution is 2.28. The van der Waals surface area contributed by atoms with Gasteiger partial charge in [0.05, 0.1) is 31.1 Å². The van der Waals surface area contributed by atoms with E-state index in [1.54, 1.807) is 34.7 Å². The molecule has 3 rings (SSSR count). The lowest BCUT2D eigenvalue weighted by Crippen LogP contribution is -2.34. The van der Waals surface area contributed by atoms with Crippen LogP contribution in [0.25, 0.3) is 10.2 Å². The molecule has 0 fully saturated rings. The monoisotopic (exact) mass is 475 g/mol. The number of hydrogen-bond acceptors (Lipinski definition) is 9. The Morgan fingerprint density at radius 2 is 1.82 bits per heavy atom. The van der Waals surface area contributed by atoms with Crippen LogP contribution < -0.4 is 10.9 Å². The van der Waals surface area contributed by atoms with E-state index in [0.29, 0.717) is 15.3 Å². The standard InChI is InChI=1S/C21H25N5O6S/c1-6-13(17(27)24-16-12(9-23-25(16)5)20(29)31-7-2)26-10-22-18-14(19(26)28)11(4)15(33-18)21(30)32-8-3/h9-10,13H,6-8H2,1-5H3,(H,24,27). The maximum atomic E-state index is 13.3. The van der Waals surface area contributed by atoms with Crippen molar-refractivity contribution in [3.8, 4) is 0 Å². The van der Waals surface area contributed by atoms with Crippen molar-refractivity contribution < 1.29 is 23.9 Å². The molecule has 0 aliphatic heterocycles. The van der Waals surface area contributed by atoms with Crippen LogP contribution in [0.15, 0.2) is 17.3 Å². The molecule has 1 amide bonds. The van der Waals surface area contributed by atoms with Crippen molar-refractivity contribution in [2.45, 2.75) is 40.2 Å². The van der Waals surface area contributed by atoms with Gasteiger partial charge in [0.2, 0.25) is 5.91 Å².